The Hall–Kier alpha value is -3.30. The topological polar surface area (TPSA) is 91.0 Å². The molecule has 0 aliphatic carbocycles. The number of fused-ring (bicyclic) bond motifs is 1. The summed E-state index contributed by atoms with van der Waals surface area (Å²) in [5, 5.41) is 4.03. The second-order valence-corrected chi connectivity index (χ2v) is 7.66. The van der Waals surface area contributed by atoms with Gasteiger partial charge < -0.3 is 15.0 Å². The van der Waals surface area contributed by atoms with E-state index >= 15 is 4.39 Å². The maximum Gasteiger partial charge on any atom is 0.255 e. The van der Waals surface area contributed by atoms with Crippen molar-refractivity contribution in [1.82, 2.24) is 15.1 Å². The van der Waals surface area contributed by atoms with Gasteiger partial charge >= 0.3 is 0 Å². The number of carbonyl (C=O) groups is 3. The molecule has 0 saturated carbocycles. The SMILES string of the molecule is [2H]C([2H])(Nc1cccc2c1C([2H])([2H])N([C@@H]1C(=O)NC(=O)C([2H])([2H])C1([2H])[2H])C2=O)c1ccc(C([2H])([2H])N2CCOCC2)cc1F. The van der Waals surface area contributed by atoms with E-state index in [-0.39, 0.29) is 29.2 Å². The minimum absolute atomic E-state index is 0.0620. The van der Waals surface area contributed by atoms with Crippen molar-refractivity contribution in [2.45, 2.75) is 38.3 Å². The summed E-state index contributed by atoms with van der Waals surface area (Å²) >= 11 is 0. The van der Waals surface area contributed by atoms with Crippen LogP contribution in [0.2, 0.25) is 0 Å². The minimum atomic E-state index is -3.36. The van der Waals surface area contributed by atoms with E-state index in [0.717, 1.165) is 18.2 Å². The first-order chi connectivity index (χ1) is 20.3. The van der Waals surface area contributed by atoms with E-state index in [4.69, 9.17) is 18.4 Å². The highest BCUT2D eigenvalue weighted by Gasteiger charge is 2.39. The van der Waals surface area contributed by atoms with Gasteiger partial charge in [0.1, 0.15) is 11.9 Å². The third kappa shape index (κ3) is 4.53. The molecule has 3 heterocycles. The molecule has 8 nitrogen and oxygen atoms in total. The van der Waals surface area contributed by atoms with E-state index in [1.54, 1.807) is 5.32 Å². The van der Waals surface area contributed by atoms with Crippen LogP contribution in [0.15, 0.2) is 36.4 Å². The molecule has 2 fully saturated rings. The van der Waals surface area contributed by atoms with Crippen LogP contribution in [0, 0.1) is 5.82 Å². The number of nitrogens with one attached hydrogen (secondary N) is 2. The number of hydrogen-bond donors (Lipinski definition) is 2. The van der Waals surface area contributed by atoms with Crippen LogP contribution in [-0.4, -0.2) is 59.9 Å². The van der Waals surface area contributed by atoms with Crippen molar-refractivity contribution in [1.29, 1.82) is 0 Å². The van der Waals surface area contributed by atoms with Gasteiger partial charge in [0.15, 0.2) is 0 Å². The van der Waals surface area contributed by atoms with Gasteiger partial charge in [0.05, 0.1) is 18.7 Å². The molecule has 3 amide bonds. The van der Waals surface area contributed by atoms with Gasteiger partial charge in [-0.2, -0.15) is 0 Å². The second-order valence-electron chi connectivity index (χ2n) is 7.66. The Morgan fingerprint density at radius 2 is 2.03 bits per heavy atom. The Balaban J connectivity index is 1.49. The van der Waals surface area contributed by atoms with Crippen LogP contribution in [-0.2, 0) is 33.8 Å². The Bertz CT molecular complexity index is 1550. The maximum absolute atomic E-state index is 15.4. The van der Waals surface area contributed by atoms with E-state index in [0.29, 0.717) is 13.2 Å². The first-order valence-electron chi connectivity index (χ1n) is 15.5. The minimum Gasteiger partial charge on any atom is -0.381 e. The fourth-order valence-corrected chi connectivity index (χ4v) is 3.71. The van der Waals surface area contributed by atoms with Gasteiger partial charge in [-0.1, -0.05) is 18.2 Å². The lowest BCUT2D eigenvalue weighted by Crippen LogP contribution is -2.52. The van der Waals surface area contributed by atoms with Gasteiger partial charge in [0.25, 0.3) is 5.91 Å². The van der Waals surface area contributed by atoms with E-state index in [1.807, 2.05) is 0 Å². The van der Waals surface area contributed by atoms with Crippen molar-refractivity contribution < 1.29 is 37.2 Å². The van der Waals surface area contributed by atoms with Crippen LogP contribution >= 0.6 is 0 Å². The number of rotatable bonds is 6. The van der Waals surface area contributed by atoms with Gasteiger partial charge in [-0.25, -0.2) is 4.39 Å². The van der Waals surface area contributed by atoms with E-state index in [1.165, 1.54) is 23.1 Å². The summed E-state index contributed by atoms with van der Waals surface area (Å²) < 4.78 is 105. The summed E-state index contributed by atoms with van der Waals surface area (Å²) in [5.41, 5.74) is -1.89. The van der Waals surface area contributed by atoms with Gasteiger partial charge in [-0.15, -0.1) is 0 Å². The van der Waals surface area contributed by atoms with Crippen molar-refractivity contribution >= 4 is 23.4 Å². The number of imide groups is 1. The molecule has 9 heteroatoms. The quantitative estimate of drug-likeness (QED) is 0.620. The molecule has 3 aliphatic rings. The molecule has 2 saturated heterocycles. The van der Waals surface area contributed by atoms with Crippen molar-refractivity contribution in [3.05, 3.63) is 64.5 Å². The van der Waals surface area contributed by atoms with Gasteiger partial charge in [0, 0.05) is 69.6 Å². The molecular formula is C25H27FN4O4. The number of piperidine rings is 1. The molecule has 0 bridgehead atoms. The fraction of sp³-hybridized carbons (Fsp3) is 0.400. The average molecular weight is 477 g/mol. The summed E-state index contributed by atoms with van der Waals surface area (Å²) in [7, 11) is 0. The lowest BCUT2D eigenvalue weighted by Gasteiger charge is -2.29. The number of ether oxygens (including phenoxy) is 1. The monoisotopic (exact) mass is 476 g/mol. The second kappa shape index (κ2) is 9.52. The number of morpholine rings is 1. The number of halogens is 1. The number of benzene rings is 2. The third-order valence-corrected chi connectivity index (χ3v) is 5.41. The molecule has 2 N–H and O–H groups in total. The van der Waals surface area contributed by atoms with Gasteiger partial charge in [-0.05, 0) is 30.1 Å². The van der Waals surface area contributed by atoms with Gasteiger partial charge in [-0.3, -0.25) is 24.6 Å². The predicted molar refractivity (Wildman–Crippen MR) is 122 cm³/mol. The molecule has 2 aromatic rings. The summed E-state index contributed by atoms with van der Waals surface area (Å²) in [4.78, 5) is 39.9. The largest absolute Gasteiger partial charge is 0.381 e. The molecule has 2 aromatic carbocycles. The summed E-state index contributed by atoms with van der Waals surface area (Å²) in [6.07, 6.45) is -6.69. The van der Waals surface area contributed by atoms with E-state index < -0.39 is 78.5 Å². The lowest BCUT2D eigenvalue weighted by atomic mass is 10.0. The lowest BCUT2D eigenvalue weighted by molar-refractivity contribution is -0.136. The van der Waals surface area contributed by atoms with E-state index in [9.17, 15) is 14.4 Å². The highest BCUT2D eigenvalue weighted by Crippen LogP contribution is 2.32. The normalized spacial score (nSPS) is 30.6. The summed E-state index contributed by atoms with van der Waals surface area (Å²) in [6, 6.07) is 4.30. The van der Waals surface area contributed by atoms with Crippen molar-refractivity contribution in [3.8, 4) is 0 Å². The first-order valence-corrected chi connectivity index (χ1v) is 10.5. The van der Waals surface area contributed by atoms with Crippen LogP contribution in [0.25, 0.3) is 0 Å². The molecule has 5 rings (SSSR count). The number of carbonyl (C=O) groups excluding carboxylic acids is 3. The number of hydrogen-bond acceptors (Lipinski definition) is 6. The highest BCUT2D eigenvalue weighted by molar-refractivity contribution is 6.06. The Labute approximate surface area is 211 Å². The van der Waals surface area contributed by atoms with Crippen LogP contribution in [0.4, 0.5) is 10.1 Å². The van der Waals surface area contributed by atoms with Crippen LogP contribution in [0.5, 0.6) is 0 Å². The summed E-state index contributed by atoms with van der Waals surface area (Å²) in [6.45, 7) is -6.77. The van der Waals surface area contributed by atoms with Crippen molar-refractivity contribution in [3.63, 3.8) is 0 Å². The van der Waals surface area contributed by atoms with E-state index in [2.05, 4.69) is 5.32 Å². The zero-order valence-electron chi connectivity index (χ0n) is 27.8. The zero-order valence-corrected chi connectivity index (χ0v) is 17.8. The van der Waals surface area contributed by atoms with Crippen molar-refractivity contribution in [2.75, 3.05) is 31.6 Å². The molecule has 0 spiro atoms. The van der Waals surface area contributed by atoms with Crippen LogP contribution in [0.3, 0.4) is 0 Å². The van der Waals surface area contributed by atoms with Crippen LogP contribution < -0.4 is 10.6 Å². The molecule has 1 atom stereocenters. The molecule has 0 aromatic heterocycles. The summed E-state index contributed by atoms with van der Waals surface area (Å²) in [5.74, 6) is -5.35. The number of anilines is 1. The number of amides is 3. The standard InChI is InChI=1S/C25H27FN4O4/c26-20-12-16(14-29-8-10-34-11-9-29)4-5-17(20)13-27-21-3-1-2-18-19(21)15-30(25(18)33)22-6-7-23(31)28-24(22)32/h1-5,12,22,27H,6-11,13-15H2,(H,28,31,32)/t22-/m0/s1/i6D2,7D2,13D2,14D2,15D2. The Kier molecular flexibility index (Phi) is 3.79. The first kappa shape index (κ1) is 13.6. The maximum atomic E-state index is 15.4. The predicted octanol–water partition coefficient (Wildman–Crippen LogP) is 2.03. The molecule has 3 aliphatic heterocycles. The number of nitrogens with zero attached hydrogens (tertiary/aromatic N) is 2. The molecular weight excluding hydrogens is 439 g/mol. The molecule has 0 radical (unpaired) electrons. The van der Waals surface area contributed by atoms with Crippen LogP contribution in [0.1, 0.15) is 53.5 Å². The third-order valence-electron chi connectivity index (χ3n) is 5.41. The van der Waals surface area contributed by atoms with Crippen molar-refractivity contribution in [2.24, 2.45) is 0 Å². The molecule has 34 heavy (non-hydrogen) atoms. The average Bonchev–Trinajstić information content (AvgIpc) is 3.13. The molecule has 178 valence electrons. The fourth-order valence-electron chi connectivity index (χ4n) is 3.71. The smallest absolute Gasteiger partial charge is 0.255 e. The zero-order chi connectivity index (χ0) is 32.6. The molecule has 0 unspecified atom stereocenters. The Morgan fingerprint density at radius 1 is 1.21 bits per heavy atom. The van der Waals surface area contributed by atoms with Gasteiger partial charge in [0.2, 0.25) is 11.8 Å². The highest BCUT2D eigenvalue weighted by atomic mass is 19.1. The Morgan fingerprint density at radius 3 is 2.82 bits per heavy atom.